The summed E-state index contributed by atoms with van der Waals surface area (Å²) in [6, 6.07) is 11.9. The second-order valence-electron chi connectivity index (χ2n) is 4.78. The number of carbonyl (C=O) groups is 1. The fraction of sp³-hybridized carbons (Fsp3) is 0.188. The van der Waals surface area contributed by atoms with E-state index in [0.717, 1.165) is 16.4 Å². The van der Waals surface area contributed by atoms with Crippen LogP contribution in [0.4, 0.5) is 0 Å². The number of rotatable bonds is 4. The Hall–Kier alpha value is -1.87. The summed E-state index contributed by atoms with van der Waals surface area (Å²) < 4.78 is 0. The number of carboxylic acid groups (broad SMARTS) is 1. The van der Waals surface area contributed by atoms with Gasteiger partial charge in [0.05, 0.1) is 5.57 Å². The van der Waals surface area contributed by atoms with E-state index in [1.165, 1.54) is 29.7 Å². The highest BCUT2D eigenvalue weighted by Gasteiger charge is 2.22. The van der Waals surface area contributed by atoms with Crippen molar-refractivity contribution < 1.29 is 9.90 Å². The van der Waals surface area contributed by atoms with E-state index in [9.17, 15) is 9.90 Å². The van der Waals surface area contributed by atoms with Crippen molar-refractivity contribution in [3.63, 3.8) is 0 Å². The molecule has 0 unspecified atom stereocenters. The van der Waals surface area contributed by atoms with Gasteiger partial charge in [-0.15, -0.1) is 11.3 Å². The highest BCUT2D eigenvalue weighted by Crippen LogP contribution is 2.40. The summed E-state index contributed by atoms with van der Waals surface area (Å²) >= 11 is 1.45. The highest BCUT2D eigenvalue weighted by atomic mass is 32.1. The topological polar surface area (TPSA) is 37.3 Å². The molecule has 1 heterocycles. The molecule has 1 aliphatic rings. The SMILES string of the molecule is O=C(O)C(=Cc1ccc(C2CC2)cc1)c1cccs1. The van der Waals surface area contributed by atoms with Crippen LogP contribution in [0.2, 0.25) is 0 Å². The van der Waals surface area contributed by atoms with Crippen molar-refractivity contribution in [3.8, 4) is 0 Å². The molecule has 0 spiro atoms. The maximum Gasteiger partial charge on any atom is 0.337 e. The lowest BCUT2D eigenvalue weighted by Gasteiger charge is -2.02. The molecular weight excluding hydrogens is 256 g/mol. The monoisotopic (exact) mass is 270 g/mol. The molecule has 0 aliphatic heterocycles. The van der Waals surface area contributed by atoms with Gasteiger partial charge in [0.15, 0.2) is 0 Å². The third-order valence-electron chi connectivity index (χ3n) is 3.31. The summed E-state index contributed by atoms with van der Waals surface area (Å²) in [6.07, 6.45) is 4.31. The molecule has 0 bridgehead atoms. The minimum absolute atomic E-state index is 0.356. The van der Waals surface area contributed by atoms with Crippen molar-refractivity contribution in [2.75, 3.05) is 0 Å². The van der Waals surface area contributed by atoms with Crippen LogP contribution >= 0.6 is 11.3 Å². The minimum Gasteiger partial charge on any atom is -0.478 e. The first-order valence-electron chi connectivity index (χ1n) is 6.33. The highest BCUT2D eigenvalue weighted by molar-refractivity contribution is 7.11. The third-order valence-corrected chi connectivity index (χ3v) is 4.22. The standard InChI is InChI=1S/C16H14O2S/c17-16(18)14(15-2-1-9-19-15)10-11-3-5-12(6-4-11)13-7-8-13/h1-6,9-10,13H,7-8H2,(H,17,18). The Labute approximate surface area is 116 Å². The van der Waals surface area contributed by atoms with E-state index in [1.807, 2.05) is 29.6 Å². The summed E-state index contributed by atoms with van der Waals surface area (Å²) in [5.74, 6) is -0.150. The predicted molar refractivity (Wildman–Crippen MR) is 78.2 cm³/mol. The average Bonchev–Trinajstić information content (AvgIpc) is 3.12. The van der Waals surface area contributed by atoms with Crippen molar-refractivity contribution >= 4 is 29.0 Å². The second-order valence-corrected chi connectivity index (χ2v) is 5.73. The third kappa shape index (κ3) is 2.76. The molecule has 2 aromatic rings. The zero-order chi connectivity index (χ0) is 13.2. The molecule has 96 valence electrons. The van der Waals surface area contributed by atoms with Gasteiger partial charge in [-0.3, -0.25) is 0 Å². The Morgan fingerprint density at radius 1 is 1.21 bits per heavy atom. The smallest absolute Gasteiger partial charge is 0.337 e. The van der Waals surface area contributed by atoms with Crippen LogP contribution in [0.1, 0.15) is 34.8 Å². The molecule has 1 aromatic heterocycles. The molecule has 1 fully saturated rings. The van der Waals surface area contributed by atoms with Gasteiger partial charge in [0.1, 0.15) is 0 Å². The van der Waals surface area contributed by atoms with Gasteiger partial charge in [-0.2, -0.15) is 0 Å². The molecule has 0 saturated heterocycles. The van der Waals surface area contributed by atoms with Crippen LogP contribution in [-0.4, -0.2) is 11.1 Å². The number of hydrogen-bond acceptors (Lipinski definition) is 2. The molecule has 3 heteroatoms. The van der Waals surface area contributed by atoms with Crippen LogP contribution in [-0.2, 0) is 4.79 Å². The summed E-state index contributed by atoms with van der Waals surface area (Å²) in [5, 5.41) is 11.2. The first kappa shape index (κ1) is 12.2. The largest absolute Gasteiger partial charge is 0.478 e. The molecule has 1 N–H and O–H groups in total. The van der Waals surface area contributed by atoms with Crippen molar-refractivity contribution in [1.82, 2.24) is 0 Å². The zero-order valence-electron chi connectivity index (χ0n) is 10.4. The zero-order valence-corrected chi connectivity index (χ0v) is 11.2. The quantitative estimate of drug-likeness (QED) is 0.843. The maximum atomic E-state index is 11.3. The number of benzene rings is 1. The van der Waals surface area contributed by atoms with Gasteiger partial charge < -0.3 is 5.11 Å². The summed E-state index contributed by atoms with van der Waals surface area (Å²) in [5.41, 5.74) is 2.66. The van der Waals surface area contributed by atoms with Crippen LogP contribution in [0.15, 0.2) is 41.8 Å². The second kappa shape index (κ2) is 5.02. The Bertz CT molecular complexity index is 605. The van der Waals surface area contributed by atoms with Gasteiger partial charge >= 0.3 is 5.97 Å². The minimum atomic E-state index is -0.881. The lowest BCUT2D eigenvalue weighted by Crippen LogP contribution is -1.97. The van der Waals surface area contributed by atoms with Crippen molar-refractivity contribution in [2.24, 2.45) is 0 Å². The normalized spacial score (nSPS) is 15.5. The summed E-state index contributed by atoms with van der Waals surface area (Å²) in [7, 11) is 0. The van der Waals surface area contributed by atoms with Gasteiger partial charge in [0.25, 0.3) is 0 Å². The Kier molecular flexibility index (Phi) is 3.22. The lowest BCUT2D eigenvalue weighted by molar-refractivity contribution is -0.130. The number of hydrogen-bond donors (Lipinski definition) is 1. The van der Waals surface area contributed by atoms with E-state index < -0.39 is 5.97 Å². The lowest BCUT2D eigenvalue weighted by atomic mass is 10.1. The Balaban J connectivity index is 1.91. The van der Waals surface area contributed by atoms with Gasteiger partial charge in [-0.25, -0.2) is 4.79 Å². The summed E-state index contributed by atoms with van der Waals surface area (Å²) in [6.45, 7) is 0. The molecule has 1 saturated carbocycles. The molecule has 0 radical (unpaired) electrons. The molecule has 0 amide bonds. The van der Waals surface area contributed by atoms with E-state index in [2.05, 4.69) is 12.1 Å². The van der Waals surface area contributed by atoms with Gasteiger partial charge in [-0.05, 0) is 47.4 Å². The molecule has 1 aliphatic carbocycles. The average molecular weight is 270 g/mol. The van der Waals surface area contributed by atoms with Crippen LogP contribution in [0.3, 0.4) is 0 Å². The van der Waals surface area contributed by atoms with E-state index in [1.54, 1.807) is 6.08 Å². The molecule has 3 rings (SSSR count). The van der Waals surface area contributed by atoms with E-state index in [0.29, 0.717) is 5.57 Å². The summed E-state index contributed by atoms with van der Waals surface area (Å²) in [4.78, 5) is 12.1. The molecule has 0 atom stereocenters. The first-order chi connectivity index (χ1) is 9.24. The van der Waals surface area contributed by atoms with E-state index >= 15 is 0 Å². The van der Waals surface area contributed by atoms with Crippen molar-refractivity contribution in [3.05, 3.63) is 57.8 Å². The molecule has 1 aromatic carbocycles. The van der Waals surface area contributed by atoms with E-state index in [4.69, 9.17) is 0 Å². The fourth-order valence-electron chi connectivity index (χ4n) is 2.12. The Morgan fingerprint density at radius 3 is 2.47 bits per heavy atom. The number of thiophene rings is 1. The fourth-order valence-corrected chi connectivity index (χ4v) is 2.85. The van der Waals surface area contributed by atoms with Gasteiger partial charge in [0, 0.05) is 4.88 Å². The van der Waals surface area contributed by atoms with Gasteiger partial charge in [-0.1, -0.05) is 30.3 Å². The van der Waals surface area contributed by atoms with Crippen LogP contribution in [0.5, 0.6) is 0 Å². The molecule has 2 nitrogen and oxygen atoms in total. The van der Waals surface area contributed by atoms with Crippen LogP contribution in [0, 0.1) is 0 Å². The van der Waals surface area contributed by atoms with Crippen molar-refractivity contribution in [2.45, 2.75) is 18.8 Å². The molecular formula is C16H14O2S. The maximum absolute atomic E-state index is 11.3. The van der Waals surface area contributed by atoms with Crippen LogP contribution < -0.4 is 0 Å². The van der Waals surface area contributed by atoms with E-state index in [-0.39, 0.29) is 0 Å². The molecule has 19 heavy (non-hydrogen) atoms. The first-order valence-corrected chi connectivity index (χ1v) is 7.21. The number of carboxylic acids is 1. The predicted octanol–water partition coefficient (Wildman–Crippen LogP) is 4.25. The number of aliphatic carboxylic acids is 1. The Morgan fingerprint density at radius 2 is 1.95 bits per heavy atom. The van der Waals surface area contributed by atoms with Crippen LogP contribution in [0.25, 0.3) is 11.6 Å². The van der Waals surface area contributed by atoms with Gasteiger partial charge in [0.2, 0.25) is 0 Å². The van der Waals surface area contributed by atoms with Crippen molar-refractivity contribution in [1.29, 1.82) is 0 Å².